The second kappa shape index (κ2) is 6.70. The van der Waals surface area contributed by atoms with E-state index in [1.807, 2.05) is 0 Å². The lowest BCUT2D eigenvalue weighted by molar-refractivity contribution is -0.137. The lowest BCUT2D eigenvalue weighted by Crippen LogP contribution is -2.16. The van der Waals surface area contributed by atoms with Crippen LogP contribution in [0.1, 0.15) is 24.5 Å². The lowest BCUT2D eigenvalue weighted by atomic mass is 9.96. The van der Waals surface area contributed by atoms with E-state index in [0.717, 1.165) is 12.1 Å². The van der Waals surface area contributed by atoms with Gasteiger partial charge in [-0.05, 0) is 18.1 Å². The van der Waals surface area contributed by atoms with E-state index in [1.54, 1.807) is 14.0 Å². The summed E-state index contributed by atoms with van der Waals surface area (Å²) in [6.07, 6.45) is -3.77. The Kier molecular flexibility index (Phi) is 5.54. The molecule has 0 radical (unpaired) electrons. The third-order valence-corrected chi connectivity index (χ3v) is 2.94. The molecule has 0 fully saturated rings. The summed E-state index contributed by atoms with van der Waals surface area (Å²) < 4.78 is 42.5. The molecule has 0 bridgehead atoms. The van der Waals surface area contributed by atoms with Crippen LogP contribution in [-0.4, -0.2) is 19.5 Å². The van der Waals surface area contributed by atoms with Crippen molar-refractivity contribution in [2.75, 3.05) is 13.7 Å². The molecule has 0 aliphatic rings. The fourth-order valence-corrected chi connectivity index (χ4v) is 1.69. The zero-order valence-electron chi connectivity index (χ0n) is 11.0. The number of methoxy groups -OCH3 is 1. The SMILES string of the molecule is COCCC(C)C(=O)Cc1cccc(C(F)(F)F)c1. The average Bonchev–Trinajstić information content (AvgIpc) is 2.35. The number of halogens is 3. The van der Waals surface area contributed by atoms with Crippen LogP contribution in [0, 0.1) is 5.92 Å². The fourth-order valence-electron chi connectivity index (χ4n) is 1.69. The molecule has 0 saturated heterocycles. The number of hydrogen-bond donors (Lipinski definition) is 0. The number of Topliss-reactive ketones (excluding diaryl/α,β-unsaturated/α-hetero) is 1. The molecule has 5 heteroatoms. The number of ether oxygens (including phenoxy) is 1. The summed E-state index contributed by atoms with van der Waals surface area (Å²) in [5, 5.41) is 0. The van der Waals surface area contributed by atoms with Crippen molar-refractivity contribution in [1.29, 1.82) is 0 Å². The third-order valence-electron chi connectivity index (χ3n) is 2.94. The van der Waals surface area contributed by atoms with E-state index in [-0.39, 0.29) is 18.1 Å². The first kappa shape index (κ1) is 15.7. The number of carbonyl (C=O) groups is 1. The maximum Gasteiger partial charge on any atom is 0.416 e. The van der Waals surface area contributed by atoms with Crippen LogP contribution >= 0.6 is 0 Å². The molecule has 1 rings (SSSR count). The van der Waals surface area contributed by atoms with Crippen molar-refractivity contribution in [3.05, 3.63) is 35.4 Å². The summed E-state index contributed by atoms with van der Waals surface area (Å²) in [6.45, 7) is 2.23. The van der Waals surface area contributed by atoms with Gasteiger partial charge in [0.2, 0.25) is 0 Å². The summed E-state index contributed by atoms with van der Waals surface area (Å²) in [4.78, 5) is 11.8. The monoisotopic (exact) mass is 274 g/mol. The molecule has 1 atom stereocenters. The zero-order chi connectivity index (χ0) is 14.5. The Morgan fingerprint density at radius 1 is 1.37 bits per heavy atom. The Balaban J connectivity index is 2.69. The molecule has 106 valence electrons. The van der Waals surface area contributed by atoms with Crippen molar-refractivity contribution in [3.63, 3.8) is 0 Å². The van der Waals surface area contributed by atoms with Gasteiger partial charge in [0.15, 0.2) is 0 Å². The third kappa shape index (κ3) is 5.03. The largest absolute Gasteiger partial charge is 0.416 e. The molecule has 0 amide bonds. The molecule has 0 saturated carbocycles. The van der Waals surface area contributed by atoms with E-state index < -0.39 is 11.7 Å². The highest BCUT2D eigenvalue weighted by molar-refractivity contribution is 5.82. The van der Waals surface area contributed by atoms with Crippen LogP contribution in [-0.2, 0) is 22.1 Å². The minimum absolute atomic E-state index is 0.0226. The number of rotatable bonds is 6. The van der Waals surface area contributed by atoms with Gasteiger partial charge in [0, 0.05) is 26.1 Å². The Labute approximate surface area is 110 Å². The molecule has 0 N–H and O–H groups in total. The van der Waals surface area contributed by atoms with Crippen LogP contribution in [0.4, 0.5) is 13.2 Å². The number of hydrogen-bond acceptors (Lipinski definition) is 2. The zero-order valence-corrected chi connectivity index (χ0v) is 11.0. The normalized spacial score (nSPS) is 13.3. The first-order chi connectivity index (χ1) is 8.84. The van der Waals surface area contributed by atoms with Gasteiger partial charge in [-0.3, -0.25) is 4.79 Å². The molecule has 0 spiro atoms. The molecule has 1 aromatic carbocycles. The van der Waals surface area contributed by atoms with Crippen molar-refractivity contribution in [2.45, 2.75) is 25.9 Å². The predicted octanol–water partition coefficient (Wildman–Crippen LogP) is 3.49. The summed E-state index contributed by atoms with van der Waals surface area (Å²) in [7, 11) is 1.55. The highest BCUT2D eigenvalue weighted by atomic mass is 19.4. The summed E-state index contributed by atoms with van der Waals surface area (Å²) in [5.41, 5.74) is -0.327. The average molecular weight is 274 g/mol. The van der Waals surface area contributed by atoms with Gasteiger partial charge in [-0.25, -0.2) is 0 Å². The van der Waals surface area contributed by atoms with Crippen LogP contribution in [0.15, 0.2) is 24.3 Å². The van der Waals surface area contributed by atoms with E-state index in [4.69, 9.17) is 4.74 Å². The molecule has 0 aliphatic carbocycles. The van der Waals surface area contributed by atoms with Crippen LogP contribution < -0.4 is 0 Å². The molecular formula is C14H17F3O2. The molecule has 19 heavy (non-hydrogen) atoms. The van der Waals surface area contributed by atoms with E-state index in [9.17, 15) is 18.0 Å². The van der Waals surface area contributed by atoms with Crippen molar-refractivity contribution in [1.82, 2.24) is 0 Å². The molecular weight excluding hydrogens is 257 g/mol. The van der Waals surface area contributed by atoms with Gasteiger partial charge < -0.3 is 4.74 Å². The van der Waals surface area contributed by atoms with Crippen molar-refractivity contribution in [3.8, 4) is 0 Å². The maximum absolute atomic E-state index is 12.5. The summed E-state index contributed by atoms with van der Waals surface area (Å²) >= 11 is 0. The van der Waals surface area contributed by atoms with Gasteiger partial charge in [-0.2, -0.15) is 13.2 Å². The number of alkyl halides is 3. The summed E-state index contributed by atoms with van der Waals surface area (Å²) in [6, 6.07) is 4.89. The summed E-state index contributed by atoms with van der Waals surface area (Å²) in [5.74, 6) is -0.286. The highest BCUT2D eigenvalue weighted by Gasteiger charge is 2.30. The minimum atomic E-state index is -4.37. The smallest absolute Gasteiger partial charge is 0.385 e. The number of ketones is 1. The van der Waals surface area contributed by atoms with Crippen LogP contribution in [0.3, 0.4) is 0 Å². The van der Waals surface area contributed by atoms with Crippen LogP contribution in [0.25, 0.3) is 0 Å². The van der Waals surface area contributed by atoms with Crippen molar-refractivity contribution in [2.24, 2.45) is 5.92 Å². The molecule has 1 unspecified atom stereocenters. The quantitative estimate of drug-likeness (QED) is 0.793. The molecule has 0 heterocycles. The lowest BCUT2D eigenvalue weighted by Gasteiger charge is -2.11. The predicted molar refractivity (Wildman–Crippen MR) is 65.8 cm³/mol. The minimum Gasteiger partial charge on any atom is -0.385 e. The van der Waals surface area contributed by atoms with Gasteiger partial charge in [0.05, 0.1) is 5.56 Å². The van der Waals surface area contributed by atoms with Gasteiger partial charge in [0.1, 0.15) is 5.78 Å². The second-order valence-corrected chi connectivity index (χ2v) is 4.52. The first-order valence-corrected chi connectivity index (χ1v) is 6.02. The second-order valence-electron chi connectivity index (χ2n) is 4.52. The highest BCUT2D eigenvalue weighted by Crippen LogP contribution is 2.29. The Hall–Kier alpha value is -1.36. The van der Waals surface area contributed by atoms with E-state index in [1.165, 1.54) is 12.1 Å². The van der Waals surface area contributed by atoms with Gasteiger partial charge in [-0.1, -0.05) is 25.1 Å². The Bertz CT molecular complexity index is 427. The fraction of sp³-hybridized carbons (Fsp3) is 0.500. The molecule has 0 aromatic heterocycles. The molecule has 2 nitrogen and oxygen atoms in total. The maximum atomic E-state index is 12.5. The van der Waals surface area contributed by atoms with Crippen LogP contribution in [0.5, 0.6) is 0 Å². The van der Waals surface area contributed by atoms with E-state index in [0.29, 0.717) is 18.6 Å². The van der Waals surface area contributed by atoms with Crippen molar-refractivity contribution >= 4 is 5.78 Å². The number of carbonyl (C=O) groups excluding carboxylic acids is 1. The van der Waals surface area contributed by atoms with E-state index in [2.05, 4.69) is 0 Å². The standard InChI is InChI=1S/C14H17F3O2/c1-10(6-7-19-2)13(18)9-11-4-3-5-12(8-11)14(15,16)17/h3-5,8,10H,6-7,9H2,1-2H3. The van der Waals surface area contributed by atoms with E-state index >= 15 is 0 Å². The van der Waals surface area contributed by atoms with Crippen molar-refractivity contribution < 1.29 is 22.7 Å². The first-order valence-electron chi connectivity index (χ1n) is 6.02. The topological polar surface area (TPSA) is 26.3 Å². The molecule has 0 aliphatic heterocycles. The number of benzene rings is 1. The van der Waals surface area contributed by atoms with Crippen LogP contribution in [0.2, 0.25) is 0 Å². The Morgan fingerprint density at radius 2 is 2.05 bits per heavy atom. The van der Waals surface area contributed by atoms with Gasteiger partial charge in [-0.15, -0.1) is 0 Å². The Morgan fingerprint density at radius 3 is 2.63 bits per heavy atom. The van der Waals surface area contributed by atoms with Gasteiger partial charge in [0.25, 0.3) is 0 Å². The van der Waals surface area contributed by atoms with Gasteiger partial charge >= 0.3 is 6.18 Å². The molecule has 1 aromatic rings.